The number of hydrogen-bond donors (Lipinski definition) is 0. The van der Waals surface area contributed by atoms with Gasteiger partial charge in [-0.2, -0.15) is 0 Å². The van der Waals surface area contributed by atoms with Gasteiger partial charge in [0, 0.05) is 16.7 Å². The van der Waals surface area contributed by atoms with Crippen molar-refractivity contribution in [3.05, 3.63) is 63.5 Å². The van der Waals surface area contributed by atoms with Gasteiger partial charge in [0.2, 0.25) is 0 Å². The van der Waals surface area contributed by atoms with Crippen LogP contribution >= 0.6 is 11.3 Å². The highest BCUT2D eigenvalue weighted by Crippen LogP contribution is 2.37. The number of rotatable bonds is 3. The summed E-state index contributed by atoms with van der Waals surface area (Å²) in [7, 11) is 0. The van der Waals surface area contributed by atoms with Crippen molar-refractivity contribution in [2.45, 2.75) is 51.0 Å². The van der Waals surface area contributed by atoms with Gasteiger partial charge in [-0.05, 0) is 73.3 Å². The molecule has 4 nitrogen and oxygen atoms in total. The molecule has 1 unspecified atom stereocenters. The molecule has 0 aliphatic heterocycles. The van der Waals surface area contributed by atoms with Gasteiger partial charge in [0.1, 0.15) is 0 Å². The number of fused-ring (bicyclic) bond motifs is 2. The van der Waals surface area contributed by atoms with E-state index in [0.29, 0.717) is 18.4 Å². The molecule has 2 heterocycles. The highest BCUT2D eigenvalue weighted by molar-refractivity contribution is 7.10. The number of allylic oxidation sites excluding steroid dienone is 1. The summed E-state index contributed by atoms with van der Waals surface area (Å²) in [5.74, 6) is -0.345. The first-order valence-electron chi connectivity index (χ1n) is 10.6. The maximum Gasteiger partial charge on any atom is 0.339 e. The van der Waals surface area contributed by atoms with Crippen LogP contribution in [0.3, 0.4) is 0 Å². The Labute approximate surface area is 179 Å². The molecule has 30 heavy (non-hydrogen) atoms. The van der Waals surface area contributed by atoms with Crippen LogP contribution in [0.1, 0.15) is 65.0 Å². The van der Waals surface area contributed by atoms with Crippen LogP contribution in [0, 0.1) is 0 Å². The van der Waals surface area contributed by atoms with Crippen LogP contribution in [-0.2, 0) is 16.0 Å². The number of para-hydroxylation sites is 1. The standard InChI is InChI=1S/C25H23NO3S/c27-21-12-3-4-13-22(21)29-25(28)23-18-9-1-2-11-20(18)26-24-16(7-5-10-19(23)24)15-17-8-6-14-30-17/h1-2,6,8-9,11,14-15,22H,3-5,7,10,12-13H2. The molecule has 0 amide bonds. The molecular formula is C25H23NO3S. The minimum atomic E-state index is -0.612. The monoisotopic (exact) mass is 417 g/mol. The summed E-state index contributed by atoms with van der Waals surface area (Å²) in [5.41, 5.74) is 4.39. The molecule has 0 radical (unpaired) electrons. The van der Waals surface area contributed by atoms with Crippen molar-refractivity contribution in [3.63, 3.8) is 0 Å². The lowest BCUT2D eigenvalue weighted by Gasteiger charge is -2.25. The molecule has 152 valence electrons. The van der Waals surface area contributed by atoms with E-state index in [1.165, 1.54) is 4.88 Å². The number of benzene rings is 1. The number of carbonyl (C=O) groups is 2. The zero-order valence-electron chi connectivity index (χ0n) is 16.7. The van der Waals surface area contributed by atoms with Crippen LogP contribution < -0.4 is 0 Å². The maximum atomic E-state index is 13.3. The fourth-order valence-electron chi connectivity index (χ4n) is 4.52. The average Bonchev–Trinajstić information content (AvgIpc) is 3.27. The van der Waals surface area contributed by atoms with E-state index in [1.54, 1.807) is 11.3 Å². The van der Waals surface area contributed by atoms with Gasteiger partial charge in [0.05, 0.1) is 16.8 Å². The third-order valence-electron chi connectivity index (χ3n) is 5.98. The van der Waals surface area contributed by atoms with E-state index in [2.05, 4.69) is 17.5 Å². The Morgan fingerprint density at radius 3 is 2.80 bits per heavy atom. The van der Waals surface area contributed by atoms with Crippen LogP contribution in [0.25, 0.3) is 22.6 Å². The van der Waals surface area contributed by atoms with Crippen molar-refractivity contribution in [2.75, 3.05) is 0 Å². The Hall–Kier alpha value is -2.79. The van der Waals surface area contributed by atoms with Crippen molar-refractivity contribution in [1.82, 2.24) is 4.98 Å². The van der Waals surface area contributed by atoms with E-state index < -0.39 is 6.10 Å². The summed E-state index contributed by atoms with van der Waals surface area (Å²) in [6.45, 7) is 0. The molecule has 1 aromatic carbocycles. The van der Waals surface area contributed by atoms with Gasteiger partial charge in [-0.25, -0.2) is 9.78 Å². The molecule has 1 saturated carbocycles. The van der Waals surface area contributed by atoms with E-state index in [4.69, 9.17) is 9.72 Å². The zero-order chi connectivity index (χ0) is 20.5. The lowest BCUT2D eigenvalue weighted by molar-refractivity contribution is -0.129. The molecule has 1 atom stereocenters. The third kappa shape index (κ3) is 3.58. The van der Waals surface area contributed by atoms with Gasteiger partial charge in [-0.3, -0.25) is 4.79 Å². The van der Waals surface area contributed by atoms with Gasteiger partial charge in [-0.15, -0.1) is 11.3 Å². The van der Waals surface area contributed by atoms with E-state index in [9.17, 15) is 9.59 Å². The van der Waals surface area contributed by atoms with Crippen molar-refractivity contribution in [2.24, 2.45) is 0 Å². The second kappa shape index (κ2) is 8.15. The summed E-state index contributed by atoms with van der Waals surface area (Å²) < 4.78 is 5.77. The maximum absolute atomic E-state index is 13.3. The first-order valence-corrected chi connectivity index (χ1v) is 11.5. The molecule has 0 spiro atoms. The zero-order valence-corrected chi connectivity index (χ0v) is 17.5. The summed E-state index contributed by atoms with van der Waals surface area (Å²) in [6, 6.07) is 11.9. The summed E-state index contributed by atoms with van der Waals surface area (Å²) in [6.07, 6.45) is 7.20. The normalized spacial score (nSPS) is 20.3. The molecule has 0 N–H and O–H groups in total. The minimum Gasteiger partial charge on any atom is -0.451 e. The largest absolute Gasteiger partial charge is 0.451 e. The molecule has 1 fully saturated rings. The summed E-state index contributed by atoms with van der Waals surface area (Å²) in [5, 5.41) is 2.87. The fraction of sp³-hybridized carbons (Fsp3) is 0.320. The molecule has 2 aromatic heterocycles. The van der Waals surface area contributed by atoms with E-state index in [-0.39, 0.29) is 11.8 Å². The van der Waals surface area contributed by atoms with Crippen LogP contribution in [0.4, 0.5) is 0 Å². The van der Waals surface area contributed by atoms with Gasteiger partial charge >= 0.3 is 5.97 Å². The fourth-order valence-corrected chi connectivity index (χ4v) is 5.20. The predicted octanol–water partition coefficient (Wildman–Crippen LogP) is 5.84. The number of carbonyl (C=O) groups excluding carboxylic acids is 2. The highest BCUT2D eigenvalue weighted by Gasteiger charge is 2.30. The van der Waals surface area contributed by atoms with Crippen molar-refractivity contribution < 1.29 is 14.3 Å². The van der Waals surface area contributed by atoms with Crippen molar-refractivity contribution in [1.29, 1.82) is 0 Å². The first kappa shape index (κ1) is 19.2. The molecule has 2 aliphatic carbocycles. The Morgan fingerprint density at radius 1 is 1.07 bits per heavy atom. The second-order valence-corrected chi connectivity index (χ2v) is 8.95. The van der Waals surface area contributed by atoms with Crippen LogP contribution in [0.2, 0.25) is 0 Å². The minimum absolute atomic E-state index is 0.0418. The number of esters is 1. The molecule has 3 aromatic rings. The molecule has 5 heteroatoms. The number of pyridine rings is 1. The van der Waals surface area contributed by atoms with Crippen molar-refractivity contribution in [3.8, 4) is 0 Å². The molecule has 5 rings (SSSR count). The molecule has 0 saturated heterocycles. The predicted molar refractivity (Wildman–Crippen MR) is 120 cm³/mol. The topological polar surface area (TPSA) is 56.3 Å². The van der Waals surface area contributed by atoms with E-state index >= 15 is 0 Å². The lowest BCUT2D eigenvalue weighted by atomic mass is 9.86. The number of aromatic nitrogens is 1. The smallest absolute Gasteiger partial charge is 0.339 e. The Kier molecular flexibility index (Phi) is 5.21. The van der Waals surface area contributed by atoms with E-state index in [1.807, 2.05) is 30.3 Å². The van der Waals surface area contributed by atoms with Gasteiger partial charge in [0.25, 0.3) is 0 Å². The van der Waals surface area contributed by atoms with Gasteiger partial charge in [0.15, 0.2) is 11.9 Å². The van der Waals surface area contributed by atoms with Crippen LogP contribution in [0.5, 0.6) is 0 Å². The molecule has 2 aliphatic rings. The number of hydrogen-bond acceptors (Lipinski definition) is 5. The van der Waals surface area contributed by atoms with Crippen LogP contribution in [-0.4, -0.2) is 22.8 Å². The summed E-state index contributed by atoms with van der Waals surface area (Å²) >= 11 is 1.70. The van der Waals surface area contributed by atoms with E-state index in [0.717, 1.165) is 59.8 Å². The number of Topliss-reactive ketones (excluding diaryl/α,β-unsaturated/α-hetero) is 1. The Morgan fingerprint density at radius 2 is 1.97 bits per heavy atom. The number of ether oxygens (including phenoxy) is 1. The number of ketones is 1. The first-order chi connectivity index (χ1) is 14.7. The highest BCUT2D eigenvalue weighted by atomic mass is 32.1. The number of nitrogens with zero attached hydrogens (tertiary/aromatic N) is 1. The summed E-state index contributed by atoms with van der Waals surface area (Å²) in [4.78, 5) is 31.7. The second-order valence-electron chi connectivity index (χ2n) is 7.98. The molecular weight excluding hydrogens is 394 g/mol. The Bertz CT molecular complexity index is 1150. The Balaban J connectivity index is 1.62. The van der Waals surface area contributed by atoms with Crippen molar-refractivity contribution >= 4 is 45.6 Å². The molecule has 0 bridgehead atoms. The average molecular weight is 418 g/mol. The SMILES string of the molecule is O=C(OC1CCCCC1=O)c1c2c(nc3ccccc13)C(=Cc1cccs1)CCC2. The van der Waals surface area contributed by atoms with Gasteiger partial charge in [-0.1, -0.05) is 24.3 Å². The van der Waals surface area contributed by atoms with Gasteiger partial charge < -0.3 is 4.74 Å². The number of thiophene rings is 1. The quantitative estimate of drug-likeness (QED) is 0.502. The third-order valence-corrected chi connectivity index (χ3v) is 6.80. The lowest BCUT2D eigenvalue weighted by Crippen LogP contribution is -2.30. The van der Waals surface area contributed by atoms with Crippen LogP contribution in [0.15, 0.2) is 41.8 Å².